The monoisotopic (exact) mass is 523 g/mol. The number of amides is 1. The molecule has 0 saturated heterocycles. The minimum atomic E-state index is -0.0939. The summed E-state index contributed by atoms with van der Waals surface area (Å²) < 4.78 is 0. The fourth-order valence-electron chi connectivity index (χ4n) is 8.29. The maximum Gasteiger partial charge on any atom is 0.222 e. The number of fused-ring (bicyclic) bond motifs is 5. The van der Waals surface area contributed by atoms with Gasteiger partial charge in [-0.3, -0.25) is 9.59 Å². The van der Waals surface area contributed by atoms with Crippen molar-refractivity contribution in [1.29, 1.82) is 0 Å². The molecular formula is C34H53NO3. The molecule has 1 aromatic carbocycles. The lowest BCUT2D eigenvalue weighted by Gasteiger charge is -2.51. The first-order chi connectivity index (χ1) is 18.3. The Hall–Kier alpha value is -1.84. The lowest BCUT2D eigenvalue weighted by molar-refractivity contribution is -0.130. The Bertz CT molecular complexity index is 942. The smallest absolute Gasteiger partial charge is 0.222 e. The second-order valence-electron chi connectivity index (χ2n) is 13.1. The second kappa shape index (κ2) is 13.5. The van der Waals surface area contributed by atoms with Crippen LogP contribution in [-0.4, -0.2) is 35.3 Å². The maximum absolute atomic E-state index is 12.9. The average Bonchev–Trinajstić information content (AvgIpc) is 3.21. The van der Waals surface area contributed by atoms with Crippen molar-refractivity contribution >= 4 is 11.7 Å². The van der Waals surface area contributed by atoms with Crippen molar-refractivity contribution in [3.63, 3.8) is 0 Å². The third-order valence-corrected chi connectivity index (χ3v) is 10.6. The standard InChI is InChI=1S/C34H53NO3/c1-4-5-22-35(3)32(38)15-13-11-9-7-6-8-10-12-14-25-23-26-24-27(36)16-17-28(26)29-20-21-34(2)30(33(25)29)18-19-31(34)37/h16-17,24-25,29-30,33,36H,4-15,18-23H2,1-3H3/t25-,29-,30+,33-,34+/m1/s1. The predicted molar refractivity (Wildman–Crippen MR) is 155 cm³/mol. The van der Waals surface area contributed by atoms with Crippen LogP contribution in [-0.2, 0) is 16.0 Å². The summed E-state index contributed by atoms with van der Waals surface area (Å²) in [4.78, 5) is 26.9. The highest BCUT2D eigenvalue weighted by molar-refractivity contribution is 5.87. The molecular weight excluding hydrogens is 470 g/mol. The minimum absolute atomic E-state index is 0.0939. The number of carbonyl (C=O) groups excluding carboxylic acids is 2. The number of benzene rings is 1. The molecule has 3 aliphatic carbocycles. The molecule has 2 fully saturated rings. The van der Waals surface area contributed by atoms with E-state index in [1.165, 1.54) is 62.5 Å². The van der Waals surface area contributed by atoms with Crippen molar-refractivity contribution in [3.05, 3.63) is 29.3 Å². The van der Waals surface area contributed by atoms with E-state index in [9.17, 15) is 14.7 Å². The van der Waals surface area contributed by atoms with E-state index in [-0.39, 0.29) is 5.41 Å². The molecule has 0 aliphatic heterocycles. The van der Waals surface area contributed by atoms with Gasteiger partial charge in [0.15, 0.2) is 0 Å². The van der Waals surface area contributed by atoms with Gasteiger partial charge in [0.25, 0.3) is 0 Å². The summed E-state index contributed by atoms with van der Waals surface area (Å²) in [5, 5.41) is 10.2. The third kappa shape index (κ3) is 6.65. The van der Waals surface area contributed by atoms with Gasteiger partial charge in [0, 0.05) is 31.8 Å². The molecule has 4 rings (SSSR count). The van der Waals surface area contributed by atoms with E-state index >= 15 is 0 Å². The van der Waals surface area contributed by atoms with Crippen LogP contribution in [0.25, 0.3) is 0 Å². The molecule has 0 radical (unpaired) electrons. The van der Waals surface area contributed by atoms with E-state index in [0.717, 1.165) is 57.9 Å². The molecule has 0 heterocycles. The van der Waals surface area contributed by atoms with Crippen LogP contribution in [0.15, 0.2) is 18.2 Å². The number of unbranched alkanes of at least 4 members (excludes halogenated alkanes) is 8. The van der Waals surface area contributed by atoms with E-state index in [0.29, 0.717) is 47.5 Å². The zero-order valence-electron chi connectivity index (χ0n) is 24.5. The largest absolute Gasteiger partial charge is 0.508 e. The Kier molecular flexibility index (Phi) is 10.3. The number of ketones is 1. The van der Waals surface area contributed by atoms with E-state index in [4.69, 9.17) is 0 Å². The van der Waals surface area contributed by atoms with Crippen LogP contribution < -0.4 is 0 Å². The Morgan fingerprint density at radius 2 is 1.74 bits per heavy atom. The van der Waals surface area contributed by atoms with E-state index < -0.39 is 0 Å². The summed E-state index contributed by atoms with van der Waals surface area (Å²) in [5.41, 5.74) is 2.72. The zero-order valence-corrected chi connectivity index (χ0v) is 24.5. The molecule has 4 heteroatoms. The van der Waals surface area contributed by atoms with Crippen LogP contribution in [0.5, 0.6) is 5.75 Å². The summed E-state index contributed by atoms with van der Waals surface area (Å²) in [6.45, 7) is 5.33. The van der Waals surface area contributed by atoms with Crippen LogP contribution in [0.4, 0.5) is 0 Å². The molecule has 3 aliphatic rings. The number of phenolic OH excluding ortho intramolecular Hbond substituents is 1. The minimum Gasteiger partial charge on any atom is -0.508 e. The maximum atomic E-state index is 12.9. The Balaban J connectivity index is 1.19. The van der Waals surface area contributed by atoms with Gasteiger partial charge in [-0.05, 0) is 91.9 Å². The molecule has 212 valence electrons. The van der Waals surface area contributed by atoms with Crippen LogP contribution in [0.1, 0.15) is 134 Å². The Labute approximate surface area is 232 Å². The van der Waals surface area contributed by atoms with Gasteiger partial charge in [0.2, 0.25) is 5.91 Å². The van der Waals surface area contributed by atoms with Gasteiger partial charge in [-0.1, -0.05) is 71.3 Å². The number of Topliss-reactive ketones (excluding diaryl/α,β-unsaturated/α-hetero) is 1. The zero-order chi connectivity index (χ0) is 27.1. The van der Waals surface area contributed by atoms with Gasteiger partial charge in [0.1, 0.15) is 11.5 Å². The highest BCUT2D eigenvalue weighted by Crippen LogP contribution is 2.61. The SMILES string of the molecule is CCCCN(C)C(=O)CCCCCCCCCC[C@@H]1Cc2cc(O)ccc2[C@H]2CC[C@]3(C)C(=O)CC[C@H]3[C@H]12. The molecule has 1 amide bonds. The molecule has 0 bridgehead atoms. The van der Waals surface area contributed by atoms with Crippen LogP contribution in [0, 0.1) is 23.2 Å². The highest BCUT2D eigenvalue weighted by atomic mass is 16.3. The quantitative estimate of drug-likeness (QED) is 0.250. The Morgan fingerprint density at radius 1 is 1.03 bits per heavy atom. The first-order valence-electron chi connectivity index (χ1n) is 15.9. The van der Waals surface area contributed by atoms with Crippen molar-refractivity contribution < 1.29 is 14.7 Å². The topological polar surface area (TPSA) is 57.6 Å². The Morgan fingerprint density at radius 3 is 2.47 bits per heavy atom. The molecule has 0 aromatic heterocycles. The number of aromatic hydroxyl groups is 1. The van der Waals surface area contributed by atoms with Crippen LogP contribution >= 0.6 is 0 Å². The summed E-state index contributed by atoms with van der Waals surface area (Å²) in [7, 11) is 1.94. The van der Waals surface area contributed by atoms with Gasteiger partial charge in [-0.25, -0.2) is 0 Å². The molecule has 0 unspecified atom stereocenters. The van der Waals surface area contributed by atoms with Crippen molar-refractivity contribution in [2.75, 3.05) is 13.6 Å². The number of nitrogens with zero attached hydrogens (tertiary/aromatic N) is 1. The van der Waals surface area contributed by atoms with Gasteiger partial charge in [-0.2, -0.15) is 0 Å². The fourth-order valence-corrected chi connectivity index (χ4v) is 8.29. The van der Waals surface area contributed by atoms with Crippen molar-refractivity contribution in [2.45, 2.75) is 129 Å². The lowest BCUT2D eigenvalue weighted by atomic mass is 9.52. The molecule has 2 saturated carbocycles. The lowest BCUT2D eigenvalue weighted by Crippen LogP contribution is -2.46. The van der Waals surface area contributed by atoms with Gasteiger partial charge < -0.3 is 10.0 Å². The third-order valence-electron chi connectivity index (χ3n) is 10.6. The molecule has 1 N–H and O–H groups in total. The average molecular weight is 524 g/mol. The van der Waals surface area contributed by atoms with Crippen LogP contribution in [0.2, 0.25) is 0 Å². The molecule has 38 heavy (non-hydrogen) atoms. The predicted octanol–water partition coefficient (Wildman–Crippen LogP) is 8.20. The van der Waals surface area contributed by atoms with E-state index in [1.807, 2.05) is 24.1 Å². The fraction of sp³-hybridized carbons (Fsp3) is 0.765. The van der Waals surface area contributed by atoms with Crippen molar-refractivity contribution in [3.8, 4) is 5.75 Å². The van der Waals surface area contributed by atoms with Gasteiger partial charge >= 0.3 is 0 Å². The molecule has 4 nitrogen and oxygen atoms in total. The van der Waals surface area contributed by atoms with Gasteiger partial charge in [0.05, 0.1) is 0 Å². The number of carbonyl (C=O) groups is 2. The number of phenols is 1. The van der Waals surface area contributed by atoms with E-state index in [1.54, 1.807) is 0 Å². The number of hydrogen-bond acceptors (Lipinski definition) is 3. The number of rotatable bonds is 14. The summed E-state index contributed by atoms with van der Waals surface area (Å²) in [6, 6.07) is 6.06. The second-order valence-corrected chi connectivity index (χ2v) is 13.1. The molecule has 5 atom stereocenters. The molecule has 1 aromatic rings. The first-order valence-corrected chi connectivity index (χ1v) is 15.9. The van der Waals surface area contributed by atoms with Crippen LogP contribution in [0.3, 0.4) is 0 Å². The molecule has 0 spiro atoms. The first kappa shape index (κ1) is 29.2. The van der Waals surface area contributed by atoms with Gasteiger partial charge in [-0.15, -0.1) is 0 Å². The normalized spacial score (nSPS) is 28.0. The highest BCUT2D eigenvalue weighted by Gasteiger charge is 2.56. The summed E-state index contributed by atoms with van der Waals surface area (Å²) in [6.07, 6.45) is 19.2. The van der Waals surface area contributed by atoms with E-state index in [2.05, 4.69) is 19.9 Å². The summed E-state index contributed by atoms with van der Waals surface area (Å²) >= 11 is 0. The van der Waals surface area contributed by atoms with Crippen molar-refractivity contribution in [2.24, 2.45) is 23.2 Å². The summed E-state index contributed by atoms with van der Waals surface area (Å²) in [5.74, 6) is 3.58. The number of hydrogen-bond donors (Lipinski definition) is 1. The van der Waals surface area contributed by atoms with Crippen molar-refractivity contribution in [1.82, 2.24) is 4.90 Å².